The monoisotopic (exact) mass is 276 g/mol. The molecule has 0 aromatic rings. The maximum Gasteiger partial charge on any atom is 0.226 e. The Bertz CT molecular complexity index is 438. The van der Waals surface area contributed by atoms with Crippen molar-refractivity contribution in [1.82, 2.24) is 10.2 Å². The second kappa shape index (κ2) is 5.23. The maximum absolute atomic E-state index is 12.5. The van der Waals surface area contributed by atoms with Crippen molar-refractivity contribution < 1.29 is 9.59 Å². The molecule has 2 aliphatic carbocycles. The molecule has 2 amide bonds. The van der Waals surface area contributed by atoms with E-state index in [1.165, 1.54) is 0 Å². The van der Waals surface area contributed by atoms with Gasteiger partial charge in [0.2, 0.25) is 11.8 Å². The summed E-state index contributed by atoms with van der Waals surface area (Å²) in [4.78, 5) is 26.6. The molecule has 0 aromatic heterocycles. The van der Waals surface area contributed by atoms with Gasteiger partial charge in [-0.25, -0.2) is 0 Å². The van der Waals surface area contributed by atoms with Gasteiger partial charge in [0.05, 0.1) is 0 Å². The van der Waals surface area contributed by atoms with Gasteiger partial charge in [0.1, 0.15) is 0 Å². The molecular weight excluding hydrogens is 252 g/mol. The Hall–Kier alpha value is -1.32. The number of hydrogen-bond acceptors (Lipinski definition) is 2. The third kappa shape index (κ3) is 2.15. The molecule has 0 unspecified atom stereocenters. The number of likely N-dealkylation sites (tertiary alicyclic amines) is 1. The zero-order valence-electron chi connectivity index (χ0n) is 12.2. The van der Waals surface area contributed by atoms with Gasteiger partial charge in [0.15, 0.2) is 0 Å². The average Bonchev–Trinajstić information content (AvgIpc) is 3.19. The molecule has 3 aliphatic rings. The smallest absolute Gasteiger partial charge is 0.226 e. The summed E-state index contributed by atoms with van der Waals surface area (Å²) in [5.74, 6) is 0.728. The molecule has 1 heterocycles. The molecule has 0 radical (unpaired) electrons. The Morgan fingerprint density at radius 1 is 1.25 bits per heavy atom. The number of nitrogens with one attached hydrogen (secondary N) is 1. The van der Waals surface area contributed by atoms with E-state index in [4.69, 9.17) is 0 Å². The van der Waals surface area contributed by atoms with E-state index in [2.05, 4.69) is 17.5 Å². The van der Waals surface area contributed by atoms with Crippen molar-refractivity contribution in [3.63, 3.8) is 0 Å². The molecule has 1 N–H and O–H groups in total. The van der Waals surface area contributed by atoms with Gasteiger partial charge in [0, 0.05) is 37.4 Å². The second-order valence-corrected chi connectivity index (χ2v) is 6.57. The van der Waals surface area contributed by atoms with Gasteiger partial charge in [-0.1, -0.05) is 18.6 Å². The van der Waals surface area contributed by atoms with E-state index >= 15 is 0 Å². The summed E-state index contributed by atoms with van der Waals surface area (Å²) in [5, 5.41) is 2.80. The lowest BCUT2D eigenvalue weighted by Crippen LogP contribution is -2.41. The van der Waals surface area contributed by atoms with Crippen LogP contribution in [0.25, 0.3) is 0 Å². The lowest BCUT2D eigenvalue weighted by molar-refractivity contribution is -0.135. The van der Waals surface area contributed by atoms with Crippen LogP contribution >= 0.6 is 0 Å². The van der Waals surface area contributed by atoms with Crippen LogP contribution in [0.3, 0.4) is 0 Å². The molecule has 3 rings (SSSR count). The van der Waals surface area contributed by atoms with Crippen molar-refractivity contribution in [3.05, 3.63) is 12.2 Å². The highest BCUT2D eigenvalue weighted by Gasteiger charge is 2.51. The minimum atomic E-state index is 0.0573. The Morgan fingerprint density at radius 2 is 2.00 bits per heavy atom. The summed E-state index contributed by atoms with van der Waals surface area (Å²) in [6, 6.07) is 0. The summed E-state index contributed by atoms with van der Waals surface area (Å²) in [5.41, 5.74) is 0.0573. The van der Waals surface area contributed by atoms with Crippen molar-refractivity contribution in [2.75, 3.05) is 20.1 Å². The van der Waals surface area contributed by atoms with Crippen LogP contribution in [0, 0.1) is 17.3 Å². The fraction of sp³-hybridized carbons (Fsp3) is 0.750. The molecule has 0 aromatic carbocycles. The van der Waals surface area contributed by atoms with Gasteiger partial charge < -0.3 is 10.2 Å². The van der Waals surface area contributed by atoms with Crippen LogP contribution in [0.2, 0.25) is 0 Å². The van der Waals surface area contributed by atoms with Crippen LogP contribution in [0.4, 0.5) is 0 Å². The molecule has 2 fully saturated rings. The first-order valence-electron chi connectivity index (χ1n) is 7.82. The molecule has 1 spiro atoms. The molecule has 1 saturated carbocycles. The zero-order valence-corrected chi connectivity index (χ0v) is 12.2. The van der Waals surface area contributed by atoms with Crippen LogP contribution in [0.15, 0.2) is 12.2 Å². The van der Waals surface area contributed by atoms with Crippen LogP contribution in [0.1, 0.15) is 38.5 Å². The Labute approximate surface area is 120 Å². The standard InChI is InChI=1S/C16H24N2O2/c1-17-14(19)13-7-4-8-16(13)9-10-18(11-16)15(20)12-5-2-3-6-12/h2-3,12-13H,4-11H2,1H3,(H,17,19)/t13-,16+/m1/s1. The fourth-order valence-electron chi connectivity index (χ4n) is 4.37. The number of nitrogens with zero attached hydrogens (tertiary/aromatic N) is 1. The number of amides is 2. The predicted molar refractivity (Wildman–Crippen MR) is 76.9 cm³/mol. The van der Waals surface area contributed by atoms with E-state index in [0.29, 0.717) is 5.91 Å². The Kier molecular flexibility index (Phi) is 3.57. The van der Waals surface area contributed by atoms with E-state index in [1.807, 2.05) is 4.90 Å². The van der Waals surface area contributed by atoms with Crippen LogP contribution in [0.5, 0.6) is 0 Å². The predicted octanol–water partition coefficient (Wildman–Crippen LogP) is 1.72. The first-order chi connectivity index (χ1) is 9.66. The highest BCUT2D eigenvalue weighted by molar-refractivity contribution is 5.82. The summed E-state index contributed by atoms with van der Waals surface area (Å²) in [6.45, 7) is 1.63. The minimum absolute atomic E-state index is 0.0573. The molecule has 20 heavy (non-hydrogen) atoms. The average molecular weight is 276 g/mol. The summed E-state index contributed by atoms with van der Waals surface area (Å²) in [6.07, 6.45) is 10.2. The van der Waals surface area contributed by atoms with Gasteiger partial charge in [0.25, 0.3) is 0 Å². The molecule has 4 nitrogen and oxygen atoms in total. The molecule has 110 valence electrons. The van der Waals surface area contributed by atoms with Crippen LogP contribution in [-0.4, -0.2) is 36.9 Å². The van der Waals surface area contributed by atoms with Crippen LogP contribution < -0.4 is 5.32 Å². The normalized spacial score (nSPS) is 33.2. The van der Waals surface area contributed by atoms with Crippen molar-refractivity contribution in [2.45, 2.75) is 38.5 Å². The van der Waals surface area contributed by atoms with E-state index in [-0.39, 0.29) is 23.2 Å². The summed E-state index contributed by atoms with van der Waals surface area (Å²) in [7, 11) is 1.72. The number of hydrogen-bond donors (Lipinski definition) is 1. The first-order valence-corrected chi connectivity index (χ1v) is 7.82. The largest absolute Gasteiger partial charge is 0.359 e. The topological polar surface area (TPSA) is 49.4 Å². The number of rotatable bonds is 2. The zero-order chi connectivity index (χ0) is 14.2. The molecule has 1 aliphatic heterocycles. The number of carbonyl (C=O) groups excluding carboxylic acids is 2. The fourth-order valence-corrected chi connectivity index (χ4v) is 4.37. The Morgan fingerprint density at radius 3 is 2.70 bits per heavy atom. The van der Waals surface area contributed by atoms with Crippen molar-refractivity contribution in [3.8, 4) is 0 Å². The van der Waals surface area contributed by atoms with Crippen molar-refractivity contribution >= 4 is 11.8 Å². The van der Waals surface area contributed by atoms with Gasteiger partial charge in [-0.15, -0.1) is 0 Å². The maximum atomic E-state index is 12.5. The van der Waals surface area contributed by atoms with Gasteiger partial charge in [-0.05, 0) is 32.1 Å². The molecule has 4 heteroatoms. The van der Waals surface area contributed by atoms with E-state index in [9.17, 15) is 9.59 Å². The minimum Gasteiger partial charge on any atom is -0.359 e. The molecular formula is C16H24N2O2. The van der Waals surface area contributed by atoms with Gasteiger partial charge in [-0.3, -0.25) is 9.59 Å². The van der Waals surface area contributed by atoms with Crippen molar-refractivity contribution in [1.29, 1.82) is 0 Å². The highest BCUT2D eigenvalue weighted by atomic mass is 16.2. The first kappa shape index (κ1) is 13.7. The summed E-state index contributed by atoms with van der Waals surface area (Å²) >= 11 is 0. The van der Waals surface area contributed by atoms with Crippen molar-refractivity contribution in [2.24, 2.45) is 17.3 Å². The lowest BCUT2D eigenvalue weighted by Gasteiger charge is -2.30. The number of allylic oxidation sites excluding steroid dienone is 2. The quantitative estimate of drug-likeness (QED) is 0.781. The third-order valence-corrected chi connectivity index (χ3v) is 5.52. The molecule has 2 atom stereocenters. The third-order valence-electron chi connectivity index (χ3n) is 5.52. The molecule has 0 bridgehead atoms. The Balaban J connectivity index is 1.69. The SMILES string of the molecule is CNC(=O)[C@H]1CCC[C@@]12CCN(C(=O)C1CC=CC1)C2. The van der Waals surface area contributed by atoms with Gasteiger partial charge in [-0.2, -0.15) is 0 Å². The molecule has 1 saturated heterocycles. The van der Waals surface area contributed by atoms with Crippen LogP contribution in [-0.2, 0) is 9.59 Å². The van der Waals surface area contributed by atoms with E-state index in [0.717, 1.165) is 51.6 Å². The summed E-state index contributed by atoms with van der Waals surface area (Å²) < 4.78 is 0. The van der Waals surface area contributed by atoms with E-state index in [1.54, 1.807) is 7.05 Å². The highest BCUT2D eigenvalue weighted by Crippen LogP contribution is 2.50. The van der Waals surface area contributed by atoms with Gasteiger partial charge >= 0.3 is 0 Å². The second-order valence-electron chi connectivity index (χ2n) is 6.57. The van der Waals surface area contributed by atoms with E-state index < -0.39 is 0 Å². The number of carbonyl (C=O) groups is 2. The lowest BCUT2D eigenvalue weighted by atomic mass is 9.76.